The van der Waals surface area contributed by atoms with Crippen LogP contribution in [0.25, 0.3) is 0 Å². The number of carbonyl (C=O) groups is 1. The molecule has 38 heavy (non-hydrogen) atoms. The molecule has 1 atom stereocenters. The van der Waals surface area contributed by atoms with Gasteiger partial charge in [-0.3, -0.25) is 4.79 Å². The largest absolute Gasteiger partial charge is 0.324 e. The summed E-state index contributed by atoms with van der Waals surface area (Å²) in [6.45, 7) is 13.2. The third kappa shape index (κ3) is 11.2. The highest BCUT2D eigenvalue weighted by Gasteiger charge is 2.19. The second-order valence-corrected chi connectivity index (χ2v) is 11.7. The van der Waals surface area contributed by atoms with Crippen LogP contribution in [0.5, 0.6) is 0 Å². The molecule has 1 amide bonds. The Morgan fingerprint density at radius 2 is 1.32 bits per heavy atom. The zero-order valence-electron chi connectivity index (χ0n) is 25.3. The summed E-state index contributed by atoms with van der Waals surface area (Å²) in [5, 5.41) is 16.5. The van der Waals surface area contributed by atoms with E-state index in [1.807, 2.05) is 0 Å². The van der Waals surface area contributed by atoms with E-state index in [0.717, 1.165) is 35.5 Å². The Bertz CT molecular complexity index is 894. The zero-order valence-corrected chi connectivity index (χ0v) is 25.3. The number of anilines is 1. The lowest BCUT2D eigenvalue weighted by Crippen LogP contribution is -2.22. The Morgan fingerprint density at radius 1 is 0.789 bits per heavy atom. The molecule has 0 aliphatic carbocycles. The van der Waals surface area contributed by atoms with E-state index >= 15 is 0 Å². The maximum absolute atomic E-state index is 13.0. The second-order valence-electron chi connectivity index (χ2n) is 11.7. The Morgan fingerprint density at radius 3 is 1.87 bits per heavy atom. The van der Waals surface area contributed by atoms with Crippen LogP contribution in [0, 0.1) is 0 Å². The number of nitrogens with one attached hydrogen (secondary N) is 1. The van der Waals surface area contributed by atoms with Gasteiger partial charge in [0.2, 0.25) is 5.91 Å². The van der Waals surface area contributed by atoms with Gasteiger partial charge in [-0.15, -0.1) is 10.2 Å². The Kier molecular flexibility index (Phi) is 15.2. The summed E-state index contributed by atoms with van der Waals surface area (Å²) < 4.78 is 0. The summed E-state index contributed by atoms with van der Waals surface area (Å²) >= 11 is 0. The maximum atomic E-state index is 13.0. The van der Waals surface area contributed by atoms with Crippen molar-refractivity contribution in [3.8, 4) is 0 Å². The van der Waals surface area contributed by atoms with Crippen molar-refractivity contribution >= 4 is 11.6 Å². The van der Waals surface area contributed by atoms with Crippen molar-refractivity contribution in [1.29, 1.82) is 0 Å². The van der Waals surface area contributed by atoms with E-state index < -0.39 is 0 Å². The first-order chi connectivity index (χ1) is 18.4. The van der Waals surface area contributed by atoms with Crippen molar-refractivity contribution in [3.63, 3.8) is 0 Å². The predicted octanol–water partition coefficient (Wildman–Crippen LogP) is 9.14. The van der Waals surface area contributed by atoms with Crippen LogP contribution in [0.15, 0.2) is 18.2 Å². The van der Waals surface area contributed by atoms with Gasteiger partial charge in [-0.2, -0.15) is 4.80 Å². The molecule has 1 N–H and O–H groups in total. The first-order valence-corrected chi connectivity index (χ1v) is 15.6. The Balaban J connectivity index is 1.89. The fraction of sp³-hybridized carbons (Fsp3) is 0.750. The van der Waals surface area contributed by atoms with Crippen molar-refractivity contribution in [2.75, 3.05) is 5.32 Å². The van der Waals surface area contributed by atoms with Crippen molar-refractivity contribution in [2.24, 2.45) is 0 Å². The van der Waals surface area contributed by atoms with E-state index in [0.29, 0.717) is 17.8 Å². The van der Waals surface area contributed by atoms with E-state index in [1.54, 1.807) is 0 Å². The molecule has 1 aromatic carbocycles. The molecule has 0 aliphatic heterocycles. The van der Waals surface area contributed by atoms with Gasteiger partial charge in [-0.25, -0.2) is 0 Å². The molecule has 6 heteroatoms. The molecule has 214 valence electrons. The van der Waals surface area contributed by atoms with E-state index in [-0.39, 0.29) is 12.5 Å². The van der Waals surface area contributed by atoms with Gasteiger partial charge in [-0.05, 0) is 41.0 Å². The first-order valence-electron chi connectivity index (χ1n) is 15.6. The van der Waals surface area contributed by atoms with Gasteiger partial charge in [-0.1, -0.05) is 137 Å². The summed E-state index contributed by atoms with van der Waals surface area (Å²) in [5.41, 5.74) is 3.26. The van der Waals surface area contributed by atoms with Crippen LogP contribution in [0.3, 0.4) is 0 Å². The van der Waals surface area contributed by atoms with Crippen molar-refractivity contribution in [2.45, 2.75) is 156 Å². The number of nitrogens with zero attached hydrogens (tertiary/aromatic N) is 4. The van der Waals surface area contributed by atoms with Gasteiger partial charge >= 0.3 is 0 Å². The topological polar surface area (TPSA) is 72.7 Å². The number of carbonyl (C=O) groups excluding carboxylic acids is 1. The highest BCUT2D eigenvalue weighted by Crippen LogP contribution is 2.32. The third-order valence-electron chi connectivity index (χ3n) is 7.57. The number of unbranched alkanes of at least 4 members (excludes halogenated alkanes) is 10. The minimum Gasteiger partial charge on any atom is -0.324 e. The summed E-state index contributed by atoms with van der Waals surface area (Å²) in [6.07, 6.45) is 18.0. The third-order valence-corrected chi connectivity index (χ3v) is 7.57. The van der Waals surface area contributed by atoms with Crippen molar-refractivity contribution in [1.82, 2.24) is 20.2 Å². The van der Waals surface area contributed by atoms with E-state index in [1.165, 1.54) is 81.8 Å². The van der Waals surface area contributed by atoms with Gasteiger partial charge in [0.05, 0.1) is 0 Å². The fourth-order valence-corrected chi connectivity index (χ4v) is 5.22. The number of aromatic nitrogens is 4. The second kappa shape index (κ2) is 18.1. The fourth-order valence-electron chi connectivity index (χ4n) is 5.22. The Hall–Kier alpha value is -2.24. The minimum absolute atomic E-state index is 0.0791. The van der Waals surface area contributed by atoms with Crippen LogP contribution in [0.1, 0.15) is 166 Å². The van der Waals surface area contributed by atoms with Crippen molar-refractivity contribution < 1.29 is 4.79 Å². The molecule has 1 aromatic heterocycles. The van der Waals surface area contributed by atoms with Crippen molar-refractivity contribution in [3.05, 3.63) is 35.2 Å². The molecule has 0 radical (unpaired) electrons. The molecule has 1 heterocycles. The van der Waals surface area contributed by atoms with Gasteiger partial charge in [0.15, 0.2) is 5.82 Å². The van der Waals surface area contributed by atoms with Crippen LogP contribution in [0.4, 0.5) is 5.69 Å². The van der Waals surface area contributed by atoms with Gasteiger partial charge < -0.3 is 5.32 Å². The lowest BCUT2D eigenvalue weighted by molar-refractivity contribution is -0.117. The zero-order chi connectivity index (χ0) is 27.8. The van der Waals surface area contributed by atoms with Gasteiger partial charge in [0.25, 0.3) is 0 Å². The molecule has 0 spiro atoms. The number of hydrogen-bond donors (Lipinski definition) is 1. The molecular formula is C32H55N5O. The molecule has 0 saturated heterocycles. The molecule has 0 saturated carbocycles. The minimum atomic E-state index is -0.108. The molecule has 0 bridgehead atoms. The lowest BCUT2D eigenvalue weighted by atomic mass is 9.92. The normalized spacial score (nSPS) is 12.4. The molecule has 0 aliphatic rings. The van der Waals surface area contributed by atoms with E-state index in [4.69, 9.17) is 0 Å². The molecule has 2 rings (SSSR count). The van der Waals surface area contributed by atoms with Crippen LogP contribution in [-0.2, 0) is 11.3 Å². The van der Waals surface area contributed by atoms with Crippen LogP contribution in [-0.4, -0.2) is 26.1 Å². The van der Waals surface area contributed by atoms with Crippen LogP contribution in [0.2, 0.25) is 0 Å². The van der Waals surface area contributed by atoms with Crippen LogP contribution < -0.4 is 5.32 Å². The average molecular weight is 526 g/mol. The molecule has 1 unspecified atom stereocenters. The number of benzene rings is 1. The summed E-state index contributed by atoms with van der Waals surface area (Å²) in [7, 11) is 0. The number of para-hydroxylation sites is 1. The molecule has 0 fully saturated rings. The molecular weight excluding hydrogens is 470 g/mol. The number of amides is 1. The van der Waals surface area contributed by atoms with Gasteiger partial charge in [0.1, 0.15) is 6.54 Å². The monoisotopic (exact) mass is 525 g/mol. The molecule has 6 nitrogen and oxygen atoms in total. The summed E-state index contributed by atoms with van der Waals surface area (Å²) in [6, 6.07) is 6.28. The highest BCUT2D eigenvalue weighted by molar-refractivity contribution is 5.92. The quantitative estimate of drug-likeness (QED) is 0.175. The number of hydrogen-bond acceptors (Lipinski definition) is 4. The predicted molar refractivity (Wildman–Crippen MR) is 160 cm³/mol. The highest BCUT2D eigenvalue weighted by atomic mass is 16.2. The number of tetrazole rings is 1. The van der Waals surface area contributed by atoms with E-state index in [9.17, 15) is 4.79 Å². The van der Waals surface area contributed by atoms with Crippen LogP contribution >= 0.6 is 0 Å². The SMILES string of the molecule is CCCCCCCCCCCCC(CCCC)c1nnn(CC(=O)Nc2c(C(C)C)cccc2C(C)C)n1. The maximum Gasteiger partial charge on any atom is 0.248 e. The average Bonchev–Trinajstić information content (AvgIpc) is 3.34. The summed E-state index contributed by atoms with van der Waals surface area (Å²) in [5.74, 6) is 1.67. The van der Waals surface area contributed by atoms with E-state index in [2.05, 4.69) is 80.5 Å². The number of rotatable bonds is 20. The Labute approximate surface area is 232 Å². The first kappa shape index (κ1) is 32.0. The smallest absolute Gasteiger partial charge is 0.248 e. The summed E-state index contributed by atoms with van der Waals surface area (Å²) in [4.78, 5) is 14.5. The standard InChI is InChI=1S/C32H55N5O/c1-7-9-11-12-13-14-15-16-17-18-21-27(20-10-8-2)32-34-36-37(35-32)24-30(38)33-31-28(25(3)4)22-19-23-29(31)26(5)6/h19,22-23,25-27H,7-18,20-21,24H2,1-6H3,(H,33,38). The van der Waals surface area contributed by atoms with Gasteiger partial charge in [0, 0.05) is 11.6 Å². The lowest BCUT2D eigenvalue weighted by Gasteiger charge is -2.20. The molecule has 2 aromatic rings.